The van der Waals surface area contributed by atoms with Crippen LogP contribution in [0.25, 0.3) is 0 Å². The minimum Gasteiger partial charge on any atom is -0.369 e. The number of nitro benzene ring substituents is 1. The number of carbonyl (C=O) groups excluding carboxylic acids is 1. The molecule has 10 heteroatoms. The highest BCUT2D eigenvalue weighted by Gasteiger charge is 2.26. The molecule has 0 aliphatic carbocycles. The van der Waals surface area contributed by atoms with E-state index < -0.39 is 20.9 Å². The number of para-hydroxylation sites is 1. The Morgan fingerprint density at radius 3 is 2.21 bits per heavy atom. The molecule has 9 nitrogen and oxygen atoms in total. The van der Waals surface area contributed by atoms with Crippen LogP contribution in [0, 0.1) is 10.1 Å². The van der Waals surface area contributed by atoms with Crippen LogP contribution >= 0.6 is 0 Å². The van der Waals surface area contributed by atoms with Crippen LogP contribution in [0.3, 0.4) is 0 Å². The van der Waals surface area contributed by atoms with Crippen molar-refractivity contribution in [3.05, 3.63) is 70.3 Å². The van der Waals surface area contributed by atoms with Gasteiger partial charge in [-0.3, -0.25) is 14.9 Å². The summed E-state index contributed by atoms with van der Waals surface area (Å²) in [6.45, 7) is 1.98. The minimum absolute atomic E-state index is 0.0307. The molecule has 3 rings (SSSR count). The zero-order valence-corrected chi connectivity index (χ0v) is 16.5. The van der Waals surface area contributed by atoms with Gasteiger partial charge in [-0.05, 0) is 24.3 Å². The average Bonchev–Trinajstić information content (AvgIpc) is 2.74. The van der Waals surface area contributed by atoms with Gasteiger partial charge in [-0.25, -0.2) is 8.42 Å². The number of rotatable bonds is 7. The van der Waals surface area contributed by atoms with Crippen LogP contribution in [-0.2, 0) is 10.0 Å². The molecule has 1 N–H and O–H groups in total. The molecule has 2 aromatic carbocycles. The van der Waals surface area contributed by atoms with Gasteiger partial charge in [0, 0.05) is 56.1 Å². The standard InChI is InChI=1S/C19H22N4O5S/c24-19(16-6-8-18(9-7-16)23(25)26)20-10-15-29(27,28)22-13-11-21(12-14-22)17-4-2-1-3-5-17/h1-9H,10-15H2,(H,20,24). The summed E-state index contributed by atoms with van der Waals surface area (Å²) in [5.74, 6) is -0.666. The van der Waals surface area contributed by atoms with Gasteiger partial charge in [0.25, 0.3) is 11.6 Å². The van der Waals surface area contributed by atoms with Crippen LogP contribution in [0.1, 0.15) is 10.4 Å². The smallest absolute Gasteiger partial charge is 0.269 e. The van der Waals surface area contributed by atoms with Crippen molar-refractivity contribution in [3.8, 4) is 0 Å². The highest BCUT2D eigenvalue weighted by molar-refractivity contribution is 7.89. The van der Waals surface area contributed by atoms with Gasteiger partial charge in [0.1, 0.15) is 0 Å². The van der Waals surface area contributed by atoms with Crippen LogP contribution in [0.15, 0.2) is 54.6 Å². The molecule has 0 saturated carbocycles. The van der Waals surface area contributed by atoms with Gasteiger partial charge in [0.05, 0.1) is 10.7 Å². The fourth-order valence-corrected chi connectivity index (χ4v) is 4.46. The molecule has 1 heterocycles. The third kappa shape index (κ3) is 5.30. The van der Waals surface area contributed by atoms with Crippen molar-refractivity contribution in [2.45, 2.75) is 0 Å². The third-order valence-electron chi connectivity index (χ3n) is 4.74. The third-order valence-corrected chi connectivity index (χ3v) is 6.61. The SMILES string of the molecule is O=C(NCCS(=O)(=O)N1CCN(c2ccccc2)CC1)c1ccc([N+](=O)[O-])cc1. The summed E-state index contributed by atoms with van der Waals surface area (Å²) >= 11 is 0. The maximum Gasteiger partial charge on any atom is 0.269 e. The Balaban J connectivity index is 1.47. The molecule has 0 spiro atoms. The molecule has 29 heavy (non-hydrogen) atoms. The van der Waals surface area contributed by atoms with E-state index in [-0.39, 0.29) is 23.5 Å². The lowest BCUT2D eigenvalue weighted by Gasteiger charge is -2.35. The summed E-state index contributed by atoms with van der Waals surface area (Å²) in [6.07, 6.45) is 0. The van der Waals surface area contributed by atoms with Gasteiger partial charge in [-0.1, -0.05) is 18.2 Å². The summed E-state index contributed by atoms with van der Waals surface area (Å²) in [6, 6.07) is 15.0. The second-order valence-electron chi connectivity index (χ2n) is 6.60. The van der Waals surface area contributed by atoms with E-state index in [1.165, 1.54) is 28.6 Å². The van der Waals surface area contributed by atoms with Crippen LogP contribution < -0.4 is 10.2 Å². The van der Waals surface area contributed by atoms with Gasteiger partial charge in [-0.2, -0.15) is 4.31 Å². The van der Waals surface area contributed by atoms with Gasteiger partial charge < -0.3 is 10.2 Å². The number of hydrogen-bond donors (Lipinski definition) is 1. The number of nitrogens with one attached hydrogen (secondary N) is 1. The molecule has 0 unspecified atom stereocenters. The number of amides is 1. The Kier molecular flexibility index (Phi) is 6.45. The largest absolute Gasteiger partial charge is 0.369 e. The molecular weight excluding hydrogens is 396 g/mol. The van der Waals surface area contributed by atoms with Crippen molar-refractivity contribution in [3.63, 3.8) is 0 Å². The second kappa shape index (κ2) is 9.01. The Labute approximate surface area is 169 Å². The van der Waals surface area contributed by atoms with Crippen molar-refractivity contribution < 1.29 is 18.1 Å². The number of carbonyl (C=O) groups is 1. The number of non-ortho nitro benzene ring substituents is 1. The van der Waals surface area contributed by atoms with Crippen molar-refractivity contribution in [2.75, 3.05) is 43.4 Å². The maximum absolute atomic E-state index is 12.5. The van der Waals surface area contributed by atoms with E-state index in [9.17, 15) is 23.3 Å². The number of piperazine rings is 1. The van der Waals surface area contributed by atoms with Gasteiger partial charge >= 0.3 is 0 Å². The summed E-state index contributed by atoms with van der Waals surface area (Å²) in [5.41, 5.74) is 1.20. The zero-order chi connectivity index (χ0) is 20.9. The highest BCUT2D eigenvalue weighted by Crippen LogP contribution is 2.17. The predicted octanol–water partition coefficient (Wildman–Crippen LogP) is 1.48. The van der Waals surface area contributed by atoms with E-state index in [1.807, 2.05) is 30.3 Å². The summed E-state index contributed by atoms with van der Waals surface area (Å²) in [7, 11) is -3.48. The van der Waals surface area contributed by atoms with E-state index in [0.29, 0.717) is 26.2 Å². The highest BCUT2D eigenvalue weighted by atomic mass is 32.2. The fraction of sp³-hybridized carbons (Fsp3) is 0.316. The number of nitrogens with zero attached hydrogens (tertiary/aromatic N) is 3. The zero-order valence-electron chi connectivity index (χ0n) is 15.7. The normalized spacial score (nSPS) is 15.1. The number of sulfonamides is 1. The van der Waals surface area contributed by atoms with E-state index in [1.54, 1.807) is 0 Å². The number of anilines is 1. The molecular formula is C19H22N4O5S. The van der Waals surface area contributed by atoms with Gasteiger partial charge in [-0.15, -0.1) is 0 Å². The lowest BCUT2D eigenvalue weighted by Crippen LogP contribution is -2.50. The lowest BCUT2D eigenvalue weighted by molar-refractivity contribution is -0.384. The molecule has 1 fully saturated rings. The van der Waals surface area contributed by atoms with Gasteiger partial charge in [0.15, 0.2) is 0 Å². The first kappa shape index (κ1) is 20.7. The van der Waals surface area contributed by atoms with Gasteiger partial charge in [0.2, 0.25) is 10.0 Å². The molecule has 1 amide bonds. The van der Waals surface area contributed by atoms with Crippen molar-refractivity contribution in [1.29, 1.82) is 0 Å². The molecule has 0 bridgehead atoms. The molecule has 1 aliphatic heterocycles. The second-order valence-corrected chi connectivity index (χ2v) is 8.69. The van der Waals surface area contributed by atoms with E-state index in [2.05, 4.69) is 10.2 Å². The first-order valence-electron chi connectivity index (χ1n) is 9.17. The maximum atomic E-state index is 12.5. The summed E-state index contributed by atoms with van der Waals surface area (Å²) < 4.78 is 26.5. The molecule has 1 saturated heterocycles. The quantitative estimate of drug-likeness (QED) is 0.538. The molecule has 1 aliphatic rings. The molecule has 2 aromatic rings. The Morgan fingerprint density at radius 2 is 1.62 bits per heavy atom. The monoisotopic (exact) mass is 418 g/mol. The van der Waals surface area contributed by atoms with Crippen molar-refractivity contribution >= 4 is 27.3 Å². The molecule has 0 atom stereocenters. The van der Waals surface area contributed by atoms with E-state index >= 15 is 0 Å². The fourth-order valence-electron chi connectivity index (χ4n) is 3.12. The van der Waals surface area contributed by atoms with Crippen LogP contribution in [0.4, 0.5) is 11.4 Å². The Hall–Kier alpha value is -2.98. The number of nitro groups is 1. The minimum atomic E-state index is -3.48. The first-order valence-corrected chi connectivity index (χ1v) is 10.8. The Bertz CT molecular complexity index is 956. The predicted molar refractivity (Wildman–Crippen MR) is 109 cm³/mol. The first-order chi connectivity index (χ1) is 13.9. The van der Waals surface area contributed by atoms with E-state index in [0.717, 1.165) is 5.69 Å². The molecule has 0 aromatic heterocycles. The molecule has 0 radical (unpaired) electrons. The average molecular weight is 418 g/mol. The summed E-state index contributed by atoms with van der Waals surface area (Å²) in [4.78, 5) is 24.3. The van der Waals surface area contributed by atoms with Crippen molar-refractivity contribution in [1.82, 2.24) is 9.62 Å². The summed E-state index contributed by atoms with van der Waals surface area (Å²) in [5, 5.41) is 13.2. The number of benzene rings is 2. The van der Waals surface area contributed by atoms with Crippen LogP contribution in [0.5, 0.6) is 0 Å². The van der Waals surface area contributed by atoms with Crippen LogP contribution in [-0.4, -0.2) is 62.0 Å². The van der Waals surface area contributed by atoms with Crippen molar-refractivity contribution in [2.24, 2.45) is 0 Å². The topological polar surface area (TPSA) is 113 Å². The molecule has 154 valence electrons. The van der Waals surface area contributed by atoms with E-state index in [4.69, 9.17) is 0 Å². The number of hydrogen-bond acceptors (Lipinski definition) is 6. The van der Waals surface area contributed by atoms with Crippen LogP contribution in [0.2, 0.25) is 0 Å². The Morgan fingerprint density at radius 1 is 1.00 bits per heavy atom. The lowest BCUT2D eigenvalue weighted by atomic mass is 10.2.